The van der Waals surface area contributed by atoms with Gasteiger partial charge >= 0.3 is 0 Å². The number of halogens is 1. The van der Waals surface area contributed by atoms with E-state index in [1.54, 1.807) is 6.07 Å². The van der Waals surface area contributed by atoms with Gasteiger partial charge in [-0.3, -0.25) is 8.98 Å². The van der Waals surface area contributed by atoms with Crippen LogP contribution in [0.5, 0.6) is 0 Å². The van der Waals surface area contributed by atoms with E-state index in [4.69, 9.17) is 11.6 Å². The first-order valence-corrected chi connectivity index (χ1v) is 7.25. The average Bonchev–Trinajstić information content (AvgIpc) is 2.36. The Hall–Kier alpha value is -1.17. The van der Waals surface area contributed by atoms with E-state index in [-0.39, 0.29) is 25.2 Å². The van der Waals surface area contributed by atoms with E-state index in [0.29, 0.717) is 5.69 Å². The number of aryl methyl sites for hydroxylation is 2. The number of benzene rings is 1. The zero-order chi connectivity index (χ0) is 14.8. The average molecular weight is 320 g/mol. The highest BCUT2D eigenvalue weighted by Gasteiger charge is 2.09. The summed E-state index contributed by atoms with van der Waals surface area (Å²) in [6, 6.07) is 5.38. The van der Waals surface area contributed by atoms with Crippen molar-refractivity contribution in [2.75, 3.05) is 17.1 Å². The van der Waals surface area contributed by atoms with E-state index in [2.05, 4.69) is 22.7 Å². The largest absolute Gasteiger partial charge is 0.325 e. The molecule has 0 aliphatic heterocycles. The SMILES string of the molecule is C.C=C.Cc1ccc(NC(=O)CS(=O)OCCl)cc1C. The number of carbonyl (C=O) groups is 1. The molecule has 0 saturated heterocycles. The third-order valence-electron chi connectivity index (χ3n) is 2.22. The molecule has 6 heteroatoms. The molecule has 0 aromatic heterocycles. The molecule has 0 bridgehead atoms. The van der Waals surface area contributed by atoms with Gasteiger partial charge in [0, 0.05) is 5.69 Å². The molecule has 0 heterocycles. The van der Waals surface area contributed by atoms with Gasteiger partial charge < -0.3 is 5.32 Å². The number of carbonyl (C=O) groups excluding carboxylic acids is 1. The Bertz CT molecular complexity index is 452. The standard InChI is InChI=1S/C11H14ClNO3S.C2H4.CH4/c1-8-3-4-10(5-9(8)2)13-11(14)6-17(15)16-7-12;1-2;/h3-5H,6-7H2,1-2H3,(H,13,14);1-2H2;1H4. The molecule has 0 radical (unpaired) electrons. The van der Waals surface area contributed by atoms with Crippen LogP contribution in [0.4, 0.5) is 5.69 Å². The second-order valence-electron chi connectivity index (χ2n) is 3.52. The van der Waals surface area contributed by atoms with Crippen molar-refractivity contribution in [3.8, 4) is 0 Å². The first-order valence-electron chi connectivity index (χ1n) is 5.47. The lowest BCUT2D eigenvalue weighted by Gasteiger charge is -2.07. The molecule has 0 spiro atoms. The topological polar surface area (TPSA) is 55.4 Å². The van der Waals surface area contributed by atoms with Crippen molar-refractivity contribution >= 4 is 34.3 Å². The number of anilines is 1. The Morgan fingerprint density at radius 2 is 1.95 bits per heavy atom. The lowest BCUT2D eigenvalue weighted by atomic mass is 10.1. The van der Waals surface area contributed by atoms with Gasteiger partial charge in [0.25, 0.3) is 0 Å². The molecule has 1 unspecified atom stereocenters. The number of hydrogen-bond acceptors (Lipinski definition) is 3. The summed E-state index contributed by atoms with van der Waals surface area (Å²) in [7, 11) is 0. The molecule has 0 saturated carbocycles. The Kier molecular flexibility index (Phi) is 12.3. The third-order valence-corrected chi connectivity index (χ3v) is 3.33. The summed E-state index contributed by atoms with van der Waals surface area (Å²) >= 11 is 3.55. The lowest BCUT2D eigenvalue weighted by molar-refractivity contribution is -0.113. The van der Waals surface area contributed by atoms with Crippen LogP contribution < -0.4 is 5.32 Å². The van der Waals surface area contributed by atoms with E-state index >= 15 is 0 Å². The van der Waals surface area contributed by atoms with Crippen LogP contribution in [0.2, 0.25) is 0 Å². The van der Waals surface area contributed by atoms with Gasteiger partial charge in [0.2, 0.25) is 5.91 Å². The van der Waals surface area contributed by atoms with Gasteiger partial charge in [-0.2, -0.15) is 0 Å². The molecule has 1 aromatic carbocycles. The van der Waals surface area contributed by atoms with Crippen LogP contribution in [0.3, 0.4) is 0 Å². The fourth-order valence-corrected chi connectivity index (χ4v) is 1.98. The van der Waals surface area contributed by atoms with E-state index in [1.807, 2.05) is 26.0 Å². The highest BCUT2D eigenvalue weighted by molar-refractivity contribution is 7.81. The van der Waals surface area contributed by atoms with E-state index in [9.17, 15) is 9.00 Å². The van der Waals surface area contributed by atoms with Crippen molar-refractivity contribution in [1.82, 2.24) is 0 Å². The highest BCUT2D eigenvalue weighted by atomic mass is 35.5. The van der Waals surface area contributed by atoms with Crippen molar-refractivity contribution in [2.24, 2.45) is 0 Å². The van der Waals surface area contributed by atoms with Gasteiger partial charge in [-0.05, 0) is 37.1 Å². The molecule has 0 fully saturated rings. The van der Waals surface area contributed by atoms with Crippen molar-refractivity contribution in [3.05, 3.63) is 42.5 Å². The monoisotopic (exact) mass is 319 g/mol. The third kappa shape index (κ3) is 8.09. The smallest absolute Gasteiger partial charge is 0.239 e. The molecule has 1 rings (SSSR count). The molecule has 1 N–H and O–H groups in total. The van der Waals surface area contributed by atoms with Crippen LogP contribution >= 0.6 is 11.6 Å². The van der Waals surface area contributed by atoms with Crippen molar-refractivity contribution in [2.45, 2.75) is 21.3 Å². The number of alkyl halides is 1. The molecule has 4 nitrogen and oxygen atoms in total. The second-order valence-corrected chi connectivity index (χ2v) is 4.87. The summed E-state index contributed by atoms with van der Waals surface area (Å²) < 4.78 is 15.7. The fourth-order valence-electron chi connectivity index (χ4n) is 1.21. The number of nitrogens with one attached hydrogen (secondary N) is 1. The van der Waals surface area contributed by atoms with Crippen LogP contribution in [0.15, 0.2) is 31.4 Å². The van der Waals surface area contributed by atoms with Gasteiger partial charge in [-0.1, -0.05) is 25.1 Å². The van der Waals surface area contributed by atoms with Crippen LogP contribution in [-0.4, -0.2) is 21.9 Å². The fraction of sp³-hybridized carbons (Fsp3) is 0.357. The maximum absolute atomic E-state index is 11.5. The Morgan fingerprint density at radius 3 is 2.45 bits per heavy atom. The van der Waals surface area contributed by atoms with Gasteiger partial charge in [-0.25, -0.2) is 4.21 Å². The van der Waals surface area contributed by atoms with E-state index < -0.39 is 11.1 Å². The summed E-state index contributed by atoms with van der Waals surface area (Å²) in [5.41, 5.74) is 2.92. The summed E-state index contributed by atoms with van der Waals surface area (Å²) in [4.78, 5) is 11.5. The highest BCUT2D eigenvalue weighted by Crippen LogP contribution is 2.14. The van der Waals surface area contributed by atoms with E-state index in [0.717, 1.165) is 11.1 Å². The van der Waals surface area contributed by atoms with E-state index in [1.165, 1.54) is 0 Å². The lowest BCUT2D eigenvalue weighted by Crippen LogP contribution is -2.20. The van der Waals surface area contributed by atoms with Crippen molar-refractivity contribution in [1.29, 1.82) is 0 Å². The Morgan fingerprint density at radius 1 is 1.35 bits per heavy atom. The minimum Gasteiger partial charge on any atom is -0.325 e. The Labute approximate surface area is 128 Å². The van der Waals surface area contributed by atoms with Crippen LogP contribution in [-0.2, 0) is 20.1 Å². The van der Waals surface area contributed by atoms with Crippen LogP contribution in [0, 0.1) is 13.8 Å². The molecule has 1 amide bonds. The summed E-state index contributed by atoms with van der Waals surface area (Å²) in [5, 5.41) is 2.64. The predicted octanol–water partition coefficient (Wildman–Crippen LogP) is 3.56. The van der Waals surface area contributed by atoms with Gasteiger partial charge in [0.15, 0.2) is 11.1 Å². The van der Waals surface area contributed by atoms with Gasteiger partial charge in [0.05, 0.1) is 0 Å². The molecule has 20 heavy (non-hydrogen) atoms. The molecule has 114 valence electrons. The Balaban J connectivity index is 0. The zero-order valence-electron chi connectivity index (χ0n) is 11.1. The van der Waals surface area contributed by atoms with Crippen LogP contribution in [0.25, 0.3) is 0 Å². The normalized spacial score (nSPS) is 10.6. The van der Waals surface area contributed by atoms with Crippen molar-refractivity contribution in [3.63, 3.8) is 0 Å². The molecule has 1 atom stereocenters. The predicted molar refractivity (Wildman–Crippen MR) is 87.3 cm³/mol. The number of rotatable bonds is 5. The van der Waals surface area contributed by atoms with Gasteiger partial charge in [0.1, 0.15) is 11.8 Å². The molecular weight excluding hydrogens is 298 g/mol. The molecule has 0 aliphatic carbocycles. The summed E-state index contributed by atoms with van der Waals surface area (Å²) in [6.07, 6.45) is 0. The minimum absolute atomic E-state index is 0. The first kappa shape index (κ1) is 21.1. The maximum atomic E-state index is 11.5. The first-order chi connectivity index (χ1) is 9.02. The molecule has 0 aliphatic rings. The summed E-state index contributed by atoms with van der Waals surface area (Å²) in [5.74, 6) is -0.587. The maximum Gasteiger partial charge on any atom is 0.239 e. The zero-order valence-corrected chi connectivity index (χ0v) is 12.6. The van der Waals surface area contributed by atoms with Crippen molar-refractivity contribution < 1.29 is 13.2 Å². The van der Waals surface area contributed by atoms with Gasteiger partial charge in [-0.15, -0.1) is 13.2 Å². The summed E-state index contributed by atoms with van der Waals surface area (Å²) in [6.45, 7) is 9.95. The number of amides is 1. The van der Waals surface area contributed by atoms with Crippen LogP contribution in [0.1, 0.15) is 18.6 Å². The quantitative estimate of drug-likeness (QED) is 0.667. The minimum atomic E-state index is -1.68. The number of hydrogen-bond donors (Lipinski definition) is 1. The second kappa shape index (κ2) is 11.6. The molecular formula is C14H22ClNO3S. The molecule has 1 aromatic rings.